The van der Waals surface area contributed by atoms with Gasteiger partial charge in [0.1, 0.15) is 0 Å². The maximum Gasteiger partial charge on any atom is 0.0223 e. The summed E-state index contributed by atoms with van der Waals surface area (Å²) in [6.07, 6.45) is 5.95. The van der Waals surface area contributed by atoms with E-state index in [2.05, 4.69) is 6.92 Å². The molecule has 0 radical (unpaired) electrons. The number of unbranched alkanes of at least 4 members (excludes halogenated alkanes) is 3. The van der Waals surface area contributed by atoms with E-state index in [0.717, 1.165) is 24.5 Å². The zero-order valence-electron chi connectivity index (χ0n) is 8.45. The van der Waals surface area contributed by atoms with E-state index in [1.165, 1.54) is 19.3 Å². The van der Waals surface area contributed by atoms with Gasteiger partial charge in [0.25, 0.3) is 0 Å². The Balaban J connectivity index is 3.31. The molecule has 0 aliphatic rings. The lowest BCUT2D eigenvalue weighted by atomic mass is 10.0. The van der Waals surface area contributed by atoms with Crippen molar-refractivity contribution < 1.29 is 0 Å². The van der Waals surface area contributed by atoms with Crippen LogP contribution in [0, 0.1) is 5.92 Å². The SMILES string of the molecule is CC(CCCCCCCl)CS(Cl)(Cl)Cl. The summed E-state index contributed by atoms with van der Waals surface area (Å²) in [7, 11) is 15.5. The number of hydrogen-bond acceptors (Lipinski definition) is 0. The molecule has 0 amide bonds. The highest BCUT2D eigenvalue weighted by atomic mass is 36.2. The molecule has 0 saturated heterocycles. The Morgan fingerprint density at radius 3 is 2.07 bits per heavy atom. The second-order valence-corrected chi connectivity index (χ2v) is 11.5. The molecule has 0 aromatic rings. The number of hydrogen-bond donors (Lipinski definition) is 0. The van der Waals surface area contributed by atoms with Crippen LogP contribution in [-0.4, -0.2) is 11.6 Å². The largest absolute Gasteiger partial charge is 0.127 e. The molecule has 0 spiro atoms. The van der Waals surface area contributed by atoms with Gasteiger partial charge in [-0.25, -0.2) is 0 Å². The zero-order valence-corrected chi connectivity index (χ0v) is 12.3. The molecule has 5 heteroatoms. The summed E-state index contributed by atoms with van der Waals surface area (Å²) in [5.41, 5.74) is 0. The van der Waals surface area contributed by atoms with Crippen molar-refractivity contribution in [3.05, 3.63) is 0 Å². The molecule has 0 N–H and O–H groups in total. The molecule has 0 aliphatic heterocycles. The van der Waals surface area contributed by atoms with Gasteiger partial charge in [-0.3, -0.25) is 0 Å². The van der Waals surface area contributed by atoms with Crippen LogP contribution < -0.4 is 0 Å². The van der Waals surface area contributed by atoms with E-state index in [1.54, 1.807) is 0 Å². The van der Waals surface area contributed by atoms with E-state index in [1.807, 2.05) is 0 Å². The summed E-state index contributed by atoms with van der Waals surface area (Å²) in [6, 6.07) is 0. The first-order valence-corrected chi connectivity index (χ1v) is 9.73. The Morgan fingerprint density at radius 2 is 1.57 bits per heavy atom. The minimum atomic E-state index is -1.88. The lowest BCUT2D eigenvalue weighted by Gasteiger charge is -2.20. The molecule has 1 unspecified atom stereocenters. The average Bonchev–Trinajstić information content (AvgIpc) is 2.00. The van der Waals surface area contributed by atoms with E-state index in [4.69, 9.17) is 43.6 Å². The van der Waals surface area contributed by atoms with Crippen LogP contribution >= 0.6 is 51.3 Å². The minimum Gasteiger partial charge on any atom is -0.127 e. The van der Waals surface area contributed by atoms with Crippen molar-refractivity contribution in [2.24, 2.45) is 5.92 Å². The van der Waals surface area contributed by atoms with E-state index in [0.29, 0.717) is 5.92 Å². The first kappa shape index (κ1) is 15.5. The summed E-state index contributed by atoms with van der Waals surface area (Å²) in [6.45, 7) is 2.15. The molecular weight excluding hydrogens is 282 g/mol. The molecule has 0 nitrogen and oxygen atoms in total. The topological polar surface area (TPSA) is 0 Å². The maximum absolute atomic E-state index is 5.79. The summed E-state index contributed by atoms with van der Waals surface area (Å²) in [4.78, 5) is 0. The Kier molecular flexibility index (Phi) is 9.57. The van der Waals surface area contributed by atoms with Crippen LogP contribution in [0.4, 0.5) is 0 Å². The molecule has 0 heterocycles. The monoisotopic (exact) mass is 298 g/mol. The van der Waals surface area contributed by atoms with Crippen LogP contribution in [0.2, 0.25) is 0 Å². The number of halogens is 4. The summed E-state index contributed by atoms with van der Waals surface area (Å²) in [5, 5.41) is 0. The highest BCUT2D eigenvalue weighted by Crippen LogP contribution is 2.64. The molecule has 0 aromatic heterocycles. The predicted molar refractivity (Wildman–Crippen MR) is 73.0 cm³/mol. The number of rotatable bonds is 8. The third-order valence-electron chi connectivity index (χ3n) is 2.05. The Labute approximate surface area is 107 Å². The van der Waals surface area contributed by atoms with Gasteiger partial charge >= 0.3 is 0 Å². The van der Waals surface area contributed by atoms with E-state index < -0.39 is 7.67 Å². The third-order valence-corrected chi connectivity index (χ3v) is 4.40. The van der Waals surface area contributed by atoms with Gasteiger partial charge in [-0.1, -0.05) is 26.2 Å². The van der Waals surface area contributed by atoms with Crippen molar-refractivity contribution in [2.75, 3.05) is 11.6 Å². The highest BCUT2D eigenvalue weighted by molar-refractivity contribution is 8.79. The first-order chi connectivity index (χ1) is 6.45. The Morgan fingerprint density at radius 1 is 1.00 bits per heavy atom. The molecular formula is C9H18Cl4S. The van der Waals surface area contributed by atoms with E-state index >= 15 is 0 Å². The van der Waals surface area contributed by atoms with Gasteiger partial charge in [-0.2, -0.15) is 0 Å². The minimum absolute atomic E-state index is 0.522. The van der Waals surface area contributed by atoms with Crippen molar-refractivity contribution >= 4 is 51.3 Å². The van der Waals surface area contributed by atoms with Crippen molar-refractivity contribution in [1.82, 2.24) is 0 Å². The lowest BCUT2D eigenvalue weighted by Crippen LogP contribution is -2.01. The van der Waals surface area contributed by atoms with Crippen LogP contribution in [0.1, 0.15) is 39.0 Å². The zero-order chi connectivity index (χ0) is 11.0. The Bertz CT molecular complexity index is 135. The standard InChI is InChI=1S/C9H18Cl4S/c1-9(8-14(11,12)13)6-4-2-3-5-7-10/h9H,2-8H2,1H3. The third kappa shape index (κ3) is 11.6. The van der Waals surface area contributed by atoms with Crippen LogP contribution in [0.5, 0.6) is 0 Å². The summed E-state index contributed by atoms with van der Waals surface area (Å²) < 4.78 is 0. The molecule has 0 aromatic carbocycles. The van der Waals surface area contributed by atoms with Crippen molar-refractivity contribution in [2.45, 2.75) is 39.0 Å². The number of alkyl halides is 1. The van der Waals surface area contributed by atoms with Gasteiger partial charge in [0.2, 0.25) is 0 Å². The fraction of sp³-hybridized carbons (Fsp3) is 1.00. The van der Waals surface area contributed by atoms with Crippen molar-refractivity contribution in [3.8, 4) is 0 Å². The van der Waals surface area contributed by atoms with E-state index in [9.17, 15) is 0 Å². The van der Waals surface area contributed by atoms with Crippen LogP contribution in [-0.2, 0) is 0 Å². The highest BCUT2D eigenvalue weighted by Gasteiger charge is 2.17. The molecule has 0 rings (SSSR count). The van der Waals surface area contributed by atoms with Crippen LogP contribution in [0.15, 0.2) is 0 Å². The normalized spacial score (nSPS) is 15.5. The second-order valence-electron chi connectivity index (χ2n) is 3.67. The van der Waals surface area contributed by atoms with Crippen molar-refractivity contribution in [3.63, 3.8) is 0 Å². The molecule has 0 saturated carbocycles. The van der Waals surface area contributed by atoms with Gasteiger partial charge in [0, 0.05) is 11.6 Å². The predicted octanol–water partition coefficient (Wildman–Crippen LogP) is 6.08. The first-order valence-electron chi connectivity index (χ1n) is 4.91. The lowest BCUT2D eigenvalue weighted by molar-refractivity contribution is 0.531. The van der Waals surface area contributed by atoms with Crippen LogP contribution in [0.3, 0.4) is 0 Å². The molecule has 0 aliphatic carbocycles. The van der Waals surface area contributed by atoms with Gasteiger partial charge < -0.3 is 0 Å². The summed E-state index contributed by atoms with van der Waals surface area (Å²) >= 11 is 5.58. The van der Waals surface area contributed by atoms with Gasteiger partial charge in [-0.05, 0) is 58.5 Å². The fourth-order valence-corrected chi connectivity index (χ4v) is 4.28. The molecule has 0 bridgehead atoms. The second kappa shape index (κ2) is 8.64. The quantitative estimate of drug-likeness (QED) is 0.376. The Hall–Kier alpha value is 1.51. The van der Waals surface area contributed by atoms with Gasteiger partial charge in [0.15, 0.2) is 0 Å². The van der Waals surface area contributed by atoms with Gasteiger partial charge in [0.05, 0.1) is 0 Å². The fourth-order valence-electron chi connectivity index (χ4n) is 1.35. The molecule has 88 valence electrons. The molecule has 1 atom stereocenters. The van der Waals surface area contributed by atoms with Crippen LogP contribution in [0.25, 0.3) is 0 Å². The molecule has 14 heavy (non-hydrogen) atoms. The summed E-state index contributed by atoms with van der Waals surface area (Å²) in [5.74, 6) is 2.02. The molecule has 0 fully saturated rings. The average molecular weight is 300 g/mol. The maximum atomic E-state index is 5.79. The van der Waals surface area contributed by atoms with E-state index in [-0.39, 0.29) is 0 Å². The smallest absolute Gasteiger partial charge is 0.0223 e. The van der Waals surface area contributed by atoms with Crippen molar-refractivity contribution in [1.29, 1.82) is 0 Å². The van der Waals surface area contributed by atoms with Gasteiger partial charge in [-0.15, -0.1) is 11.6 Å².